The molecule has 1 aromatic heterocycles. The Hall–Kier alpha value is -4.33. The van der Waals surface area contributed by atoms with Crippen LogP contribution in [-0.2, 0) is 6.61 Å². The maximum absolute atomic E-state index is 13.1. The number of aromatic nitrogens is 2. The van der Waals surface area contributed by atoms with E-state index in [0.717, 1.165) is 31.2 Å². The van der Waals surface area contributed by atoms with Crippen molar-refractivity contribution in [2.45, 2.75) is 45.3 Å². The molecule has 183 valence electrons. The van der Waals surface area contributed by atoms with E-state index in [1.54, 1.807) is 49.4 Å². The molecule has 3 aromatic carbocycles. The highest BCUT2D eigenvalue weighted by atomic mass is 16.5. The number of hydrogen-bond donors (Lipinski definition) is 3. The van der Waals surface area contributed by atoms with E-state index in [-0.39, 0.29) is 29.8 Å². The number of carbonyl (C=O) groups excluding carboxylic acids is 1. The van der Waals surface area contributed by atoms with E-state index in [0.29, 0.717) is 33.5 Å². The van der Waals surface area contributed by atoms with Crippen molar-refractivity contribution in [3.63, 3.8) is 0 Å². The lowest BCUT2D eigenvalue weighted by atomic mass is 9.98. The lowest BCUT2D eigenvalue weighted by Gasteiger charge is -2.14. The highest BCUT2D eigenvalue weighted by Gasteiger charge is 2.20. The SMILES string of the molecule is Cc1[c]c(OCc2ccc3[nH]c(=O)[nH]c(=O)c3c2)ccc1C(=O)c1ccc(OC2CCCC2)cc1O. The summed E-state index contributed by atoms with van der Waals surface area (Å²) in [5.41, 5.74) is 1.33. The smallest absolute Gasteiger partial charge is 0.326 e. The Balaban J connectivity index is 1.29. The molecule has 0 amide bonds. The van der Waals surface area contributed by atoms with Crippen molar-refractivity contribution in [2.75, 3.05) is 0 Å². The van der Waals surface area contributed by atoms with Gasteiger partial charge in [-0.2, -0.15) is 0 Å². The lowest BCUT2D eigenvalue weighted by Crippen LogP contribution is -2.21. The number of hydrogen-bond acceptors (Lipinski definition) is 6. The minimum Gasteiger partial charge on any atom is -0.507 e. The molecule has 36 heavy (non-hydrogen) atoms. The van der Waals surface area contributed by atoms with Crippen LogP contribution in [0.2, 0.25) is 0 Å². The van der Waals surface area contributed by atoms with Crippen LogP contribution in [0.4, 0.5) is 0 Å². The average molecular weight is 486 g/mol. The third-order valence-electron chi connectivity index (χ3n) is 6.38. The molecule has 8 heteroatoms. The van der Waals surface area contributed by atoms with Crippen molar-refractivity contribution in [2.24, 2.45) is 0 Å². The number of benzene rings is 3. The minimum atomic E-state index is -0.558. The summed E-state index contributed by atoms with van der Waals surface area (Å²) in [6, 6.07) is 16.2. The van der Waals surface area contributed by atoms with Crippen molar-refractivity contribution in [1.82, 2.24) is 9.97 Å². The Morgan fingerprint density at radius 1 is 1.03 bits per heavy atom. The zero-order chi connectivity index (χ0) is 25.2. The molecule has 0 spiro atoms. The molecule has 1 aliphatic rings. The van der Waals surface area contributed by atoms with Crippen LogP contribution in [0.25, 0.3) is 10.9 Å². The molecule has 0 atom stereocenters. The molecule has 1 fully saturated rings. The van der Waals surface area contributed by atoms with Crippen molar-refractivity contribution in [1.29, 1.82) is 0 Å². The number of phenolic OH excluding ortho intramolecular Hbond substituents is 1. The molecule has 4 aromatic rings. The molecule has 1 radical (unpaired) electrons. The van der Waals surface area contributed by atoms with Crippen LogP contribution >= 0.6 is 0 Å². The van der Waals surface area contributed by atoms with Gasteiger partial charge in [-0.1, -0.05) is 6.07 Å². The first-order valence-electron chi connectivity index (χ1n) is 11.8. The molecule has 8 nitrogen and oxygen atoms in total. The van der Waals surface area contributed by atoms with Crippen LogP contribution in [-0.4, -0.2) is 27.0 Å². The summed E-state index contributed by atoms with van der Waals surface area (Å²) in [7, 11) is 0. The summed E-state index contributed by atoms with van der Waals surface area (Å²) in [5, 5.41) is 10.8. The zero-order valence-corrected chi connectivity index (χ0v) is 19.7. The number of phenols is 1. The van der Waals surface area contributed by atoms with Gasteiger partial charge < -0.3 is 19.6 Å². The normalized spacial score (nSPS) is 13.7. The standard InChI is InChI=1S/C28H25N2O6/c1-16-12-19(35-15-17-6-11-24-23(13-17)27(33)30-28(34)29-24)7-9-21(16)26(32)22-10-8-20(14-25(22)31)36-18-4-2-3-5-18/h6-11,13-14,18,31H,2-5,15H2,1H3,(H2,29,30,33,34). The van der Waals surface area contributed by atoms with Crippen LogP contribution in [0.5, 0.6) is 17.2 Å². The summed E-state index contributed by atoms with van der Waals surface area (Å²) in [5.74, 6) is 0.555. The third-order valence-corrected chi connectivity index (χ3v) is 6.38. The number of carbonyl (C=O) groups is 1. The van der Waals surface area contributed by atoms with Crippen molar-refractivity contribution >= 4 is 16.7 Å². The van der Waals surface area contributed by atoms with Gasteiger partial charge >= 0.3 is 5.69 Å². The van der Waals surface area contributed by atoms with Gasteiger partial charge in [-0.3, -0.25) is 14.6 Å². The van der Waals surface area contributed by atoms with Gasteiger partial charge in [-0.15, -0.1) is 0 Å². The van der Waals surface area contributed by atoms with Crippen molar-refractivity contribution in [3.8, 4) is 17.2 Å². The van der Waals surface area contributed by atoms with Crippen LogP contribution < -0.4 is 20.7 Å². The molecular weight excluding hydrogens is 460 g/mol. The highest BCUT2D eigenvalue weighted by molar-refractivity contribution is 6.11. The Kier molecular flexibility index (Phi) is 6.33. The fraction of sp³-hybridized carbons (Fsp3) is 0.250. The van der Waals surface area contributed by atoms with Crippen LogP contribution in [0.3, 0.4) is 0 Å². The summed E-state index contributed by atoms with van der Waals surface area (Å²) >= 11 is 0. The van der Waals surface area contributed by atoms with Gasteiger partial charge in [0.1, 0.15) is 23.9 Å². The van der Waals surface area contributed by atoms with Crippen LogP contribution in [0.1, 0.15) is 52.7 Å². The number of aromatic hydroxyl groups is 1. The van der Waals surface area contributed by atoms with Gasteiger partial charge in [0.2, 0.25) is 0 Å². The molecule has 3 N–H and O–H groups in total. The second-order valence-electron chi connectivity index (χ2n) is 8.97. The van der Waals surface area contributed by atoms with E-state index in [2.05, 4.69) is 16.0 Å². The third kappa shape index (κ3) is 4.88. The Morgan fingerprint density at radius 2 is 1.81 bits per heavy atom. The first kappa shape index (κ1) is 23.4. The van der Waals surface area contributed by atoms with Gasteiger partial charge in [0.15, 0.2) is 5.78 Å². The molecule has 0 unspecified atom stereocenters. The fourth-order valence-electron chi connectivity index (χ4n) is 4.49. The number of nitrogens with one attached hydrogen (secondary N) is 2. The van der Waals surface area contributed by atoms with Gasteiger partial charge in [-0.25, -0.2) is 4.79 Å². The van der Waals surface area contributed by atoms with E-state index in [1.165, 1.54) is 6.07 Å². The molecule has 0 saturated heterocycles. The Morgan fingerprint density at radius 3 is 2.56 bits per heavy atom. The number of rotatable bonds is 7. The molecule has 5 rings (SSSR count). The highest BCUT2D eigenvalue weighted by Crippen LogP contribution is 2.30. The maximum Gasteiger partial charge on any atom is 0.326 e. The van der Waals surface area contributed by atoms with Gasteiger partial charge in [0.05, 0.1) is 22.6 Å². The number of ether oxygens (including phenoxy) is 2. The Bertz CT molecular complexity index is 1560. The summed E-state index contributed by atoms with van der Waals surface area (Å²) in [4.78, 5) is 41.3. The van der Waals surface area contributed by atoms with Crippen LogP contribution in [0, 0.1) is 13.0 Å². The quantitative estimate of drug-likeness (QED) is 0.338. The fourth-order valence-corrected chi connectivity index (χ4v) is 4.49. The predicted molar refractivity (Wildman–Crippen MR) is 134 cm³/mol. The average Bonchev–Trinajstić information content (AvgIpc) is 3.36. The van der Waals surface area contributed by atoms with E-state index in [1.807, 2.05) is 0 Å². The Labute approximate surface area is 206 Å². The molecular formula is C28H25N2O6. The number of H-pyrrole nitrogens is 2. The second kappa shape index (κ2) is 9.73. The number of fused-ring (bicyclic) bond motifs is 1. The van der Waals surface area contributed by atoms with Crippen LogP contribution in [0.15, 0.2) is 58.1 Å². The molecule has 1 aliphatic carbocycles. The minimum absolute atomic E-state index is 0.122. The first-order chi connectivity index (χ1) is 17.4. The van der Waals surface area contributed by atoms with E-state index >= 15 is 0 Å². The first-order valence-corrected chi connectivity index (χ1v) is 11.8. The maximum atomic E-state index is 13.1. The van der Waals surface area contributed by atoms with Gasteiger partial charge in [-0.05, 0) is 80.1 Å². The topological polar surface area (TPSA) is 121 Å². The number of aryl methyl sites for hydroxylation is 1. The van der Waals surface area contributed by atoms with Crippen molar-refractivity contribution in [3.05, 3.63) is 97.7 Å². The monoisotopic (exact) mass is 485 g/mol. The van der Waals surface area contributed by atoms with E-state index < -0.39 is 11.2 Å². The summed E-state index contributed by atoms with van der Waals surface area (Å²) < 4.78 is 11.7. The van der Waals surface area contributed by atoms with Gasteiger partial charge in [0.25, 0.3) is 5.56 Å². The second-order valence-corrected chi connectivity index (χ2v) is 8.97. The number of aromatic amines is 2. The molecule has 0 aliphatic heterocycles. The van der Waals surface area contributed by atoms with E-state index in [4.69, 9.17) is 9.47 Å². The zero-order valence-electron chi connectivity index (χ0n) is 19.7. The summed E-state index contributed by atoms with van der Waals surface area (Å²) in [6.07, 6.45) is 4.46. The summed E-state index contributed by atoms with van der Waals surface area (Å²) in [6.45, 7) is 1.92. The lowest BCUT2D eigenvalue weighted by molar-refractivity contribution is 0.103. The molecule has 0 bridgehead atoms. The van der Waals surface area contributed by atoms with Gasteiger partial charge in [0, 0.05) is 17.7 Å². The predicted octanol–water partition coefficient (Wildman–Crippen LogP) is 4.16. The molecule has 1 heterocycles. The van der Waals surface area contributed by atoms with E-state index in [9.17, 15) is 19.5 Å². The van der Waals surface area contributed by atoms with Crippen molar-refractivity contribution < 1.29 is 19.4 Å². The molecule has 1 saturated carbocycles. The largest absolute Gasteiger partial charge is 0.507 e. The number of ketones is 1.